The number of nitrogens with zero attached hydrogens (tertiary/aromatic N) is 1. The molecular formula is C16H23N3O3S. The van der Waals surface area contributed by atoms with Crippen LogP contribution in [0.15, 0.2) is 29.2 Å². The lowest BCUT2D eigenvalue weighted by Crippen LogP contribution is -2.31. The van der Waals surface area contributed by atoms with Gasteiger partial charge in [-0.05, 0) is 56.0 Å². The van der Waals surface area contributed by atoms with Crippen LogP contribution >= 0.6 is 0 Å². The van der Waals surface area contributed by atoms with Gasteiger partial charge in [-0.25, -0.2) is 12.7 Å². The number of rotatable bonds is 4. The molecule has 1 aromatic carbocycles. The number of piperidine rings is 1. The zero-order valence-corrected chi connectivity index (χ0v) is 14.3. The lowest BCUT2D eigenvalue weighted by Gasteiger charge is -2.23. The van der Waals surface area contributed by atoms with Crippen molar-refractivity contribution in [2.75, 3.05) is 32.5 Å². The van der Waals surface area contributed by atoms with E-state index in [1.165, 1.54) is 30.5 Å². The molecule has 126 valence electrons. The molecule has 6 nitrogen and oxygen atoms in total. The third-order valence-electron chi connectivity index (χ3n) is 4.99. The lowest BCUT2D eigenvalue weighted by atomic mass is 9.92. The van der Waals surface area contributed by atoms with Gasteiger partial charge >= 0.3 is 0 Å². The molecule has 1 aliphatic carbocycles. The van der Waals surface area contributed by atoms with Crippen molar-refractivity contribution >= 4 is 21.6 Å². The fourth-order valence-electron chi connectivity index (χ4n) is 3.37. The quantitative estimate of drug-likeness (QED) is 0.867. The summed E-state index contributed by atoms with van der Waals surface area (Å²) in [5.74, 6) is 0.0602. The van der Waals surface area contributed by atoms with Crippen molar-refractivity contribution in [1.29, 1.82) is 0 Å². The third kappa shape index (κ3) is 3.13. The van der Waals surface area contributed by atoms with Gasteiger partial charge in [0.25, 0.3) is 0 Å². The van der Waals surface area contributed by atoms with E-state index in [0.717, 1.165) is 32.4 Å². The van der Waals surface area contributed by atoms with Gasteiger partial charge in [-0.2, -0.15) is 0 Å². The Bertz CT molecular complexity index is 709. The Morgan fingerprint density at radius 1 is 1.30 bits per heavy atom. The van der Waals surface area contributed by atoms with Crippen LogP contribution in [-0.2, 0) is 14.8 Å². The second kappa shape index (κ2) is 5.89. The van der Waals surface area contributed by atoms with Crippen LogP contribution in [-0.4, -0.2) is 45.8 Å². The van der Waals surface area contributed by atoms with E-state index >= 15 is 0 Å². The maximum Gasteiger partial charge on any atom is 0.242 e. The fraction of sp³-hybridized carbons (Fsp3) is 0.562. The number of sulfonamides is 1. The minimum absolute atomic E-state index is 0.00583. The SMILES string of the molecule is CN(C)S(=O)(=O)c1cccc(NC(=O)C2CC23CCNCC3)c1. The van der Waals surface area contributed by atoms with E-state index in [-0.39, 0.29) is 22.1 Å². The molecule has 1 aliphatic heterocycles. The number of carbonyl (C=O) groups is 1. The number of hydrogen-bond donors (Lipinski definition) is 2. The summed E-state index contributed by atoms with van der Waals surface area (Å²) in [7, 11) is -0.510. The molecule has 1 unspecified atom stereocenters. The Labute approximate surface area is 137 Å². The molecule has 2 fully saturated rings. The van der Waals surface area contributed by atoms with Crippen molar-refractivity contribution in [3.05, 3.63) is 24.3 Å². The molecule has 2 aliphatic rings. The average molecular weight is 337 g/mol. The number of amides is 1. The van der Waals surface area contributed by atoms with Gasteiger partial charge in [-0.15, -0.1) is 0 Å². The molecule has 1 heterocycles. The zero-order chi connectivity index (χ0) is 16.7. The van der Waals surface area contributed by atoms with E-state index in [9.17, 15) is 13.2 Å². The van der Waals surface area contributed by atoms with Gasteiger partial charge < -0.3 is 10.6 Å². The van der Waals surface area contributed by atoms with Gasteiger partial charge in [0.2, 0.25) is 15.9 Å². The molecule has 1 saturated carbocycles. The molecule has 1 amide bonds. The molecule has 23 heavy (non-hydrogen) atoms. The summed E-state index contributed by atoms with van der Waals surface area (Å²) in [6.45, 7) is 1.95. The molecule has 0 aromatic heterocycles. The molecule has 2 N–H and O–H groups in total. The molecule has 1 saturated heterocycles. The highest BCUT2D eigenvalue weighted by molar-refractivity contribution is 7.89. The van der Waals surface area contributed by atoms with Crippen LogP contribution in [0.4, 0.5) is 5.69 Å². The maximum absolute atomic E-state index is 12.5. The van der Waals surface area contributed by atoms with E-state index in [1.807, 2.05) is 0 Å². The molecule has 0 bridgehead atoms. The molecule has 1 atom stereocenters. The predicted molar refractivity (Wildman–Crippen MR) is 88.6 cm³/mol. The average Bonchev–Trinajstić information content (AvgIpc) is 3.21. The van der Waals surface area contributed by atoms with Crippen LogP contribution in [0.1, 0.15) is 19.3 Å². The van der Waals surface area contributed by atoms with Crippen molar-refractivity contribution in [3.63, 3.8) is 0 Å². The summed E-state index contributed by atoms with van der Waals surface area (Å²) in [6, 6.07) is 6.43. The second-order valence-electron chi connectivity index (χ2n) is 6.67. The third-order valence-corrected chi connectivity index (χ3v) is 6.80. The minimum atomic E-state index is -3.49. The van der Waals surface area contributed by atoms with Gasteiger partial charge in [0.1, 0.15) is 0 Å². The van der Waals surface area contributed by atoms with Crippen molar-refractivity contribution in [2.45, 2.75) is 24.2 Å². The molecule has 7 heteroatoms. The van der Waals surface area contributed by atoms with E-state index < -0.39 is 10.0 Å². The summed E-state index contributed by atoms with van der Waals surface area (Å²) < 4.78 is 25.5. The molecule has 1 spiro atoms. The highest BCUT2D eigenvalue weighted by Gasteiger charge is 2.57. The minimum Gasteiger partial charge on any atom is -0.326 e. The standard InChI is InChI=1S/C16H23N3O3S/c1-19(2)23(21,22)13-5-3-4-12(10-13)18-15(20)14-11-16(14)6-8-17-9-7-16/h3-5,10,14,17H,6-9,11H2,1-2H3,(H,18,20). The van der Waals surface area contributed by atoms with E-state index in [4.69, 9.17) is 0 Å². The largest absolute Gasteiger partial charge is 0.326 e. The van der Waals surface area contributed by atoms with Crippen LogP contribution in [0.3, 0.4) is 0 Å². The number of nitrogens with one attached hydrogen (secondary N) is 2. The summed E-state index contributed by atoms with van der Waals surface area (Å²) in [5, 5.41) is 6.21. The van der Waals surface area contributed by atoms with Gasteiger partial charge in [0.05, 0.1) is 4.90 Å². The molecular weight excluding hydrogens is 314 g/mol. The number of carbonyl (C=O) groups excluding carboxylic acids is 1. The van der Waals surface area contributed by atoms with Crippen molar-refractivity contribution < 1.29 is 13.2 Å². The Hall–Kier alpha value is -1.44. The summed E-state index contributed by atoms with van der Waals surface area (Å²) in [6.07, 6.45) is 3.02. The molecule has 0 radical (unpaired) electrons. The maximum atomic E-state index is 12.5. The first-order valence-electron chi connectivity index (χ1n) is 7.89. The first-order valence-corrected chi connectivity index (χ1v) is 9.33. The van der Waals surface area contributed by atoms with E-state index in [2.05, 4.69) is 10.6 Å². The first kappa shape index (κ1) is 16.4. The van der Waals surface area contributed by atoms with Gasteiger partial charge in [-0.1, -0.05) is 6.07 Å². The van der Waals surface area contributed by atoms with Crippen LogP contribution in [0.5, 0.6) is 0 Å². The lowest BCUT2D eigenvalue weighted by molar-refractivity contribution is -0.118. The van der Waals surface area contributed by atoms with Crippen LogP contribution < -0.4 is 10.6 Å². The monoisotopic (exact) mass is 337 g/mol. The first-order chi connectivity index (χ1) is 10.8. The Morgan fingerprint density at radius 3 is 2.65 bits per heavy atom. The summed E-state index contributed by atoms with van der Waals surface area (Å²) in [4.78, 5) is 12.6. The second-order valence-corrected chi connectivity index (χ2v) is 8.83. The van der Waals surface area contributed by atoms with Gasteiger partial charge in [-0.3, -0.25) is 4.79 Å². The molecule has 1 aromatic rings. The fourth-order valence-corrected chi connectivity index (χ4v) is 4.32. The van der Waals surface area contributed by atoms with Crippen molar-refractivity contribution in [2.24, 2.45) is 11.3 Å². The Kier molecular flexibility index (Phi) is 4.20. The summed E-state index contributed by atoms with van der Waals surface area (Å²) >= 11 is 0. The Morgan fingerprint density at radius 2 is 2.00 bits per heavy atom. The number of benzene rings is 1. The normalized spacial score (nSPS) is 23.0. The smallest absolute Gasteiger partial charge is 0.242 e. The van der Waals surface area contributed by atoms with Gasteiger partial charge in [0, 0.05) is 25.7 Å². The van der Waals surface area contributed by atoms with E-state index in [0.29, 0.717) is 5.69 Å². The van der Waals surface area contributed by atoms with Crippen LogP contribution in [0.25, 0.3) is 0 Å². The predicted octanol–water partition coefficient (Wildman–Crippen LogP) is 1.27. The van der Waals surface area contributed by atoms with Crippen molar-refractivity contribution in [3.8, 4) is 0 Å². The zero-order valence-electron chi connectivity index (χ0n) is 13.5. The molecule has 3 rings (SSSR count). The Balaban J connectivity index is 1.71. The van der Waals surface area contributed by atoms with Crippen LogP contribution in [0, 0.1) is 11.3 Å². The topological polar surface area (TPSA) is 78.5 Å². The van der Waals surface area contributed by atoms with Crippen LogP contribution in [0.2, 0.25) is 0 Å². The highest BCUT2D eigenvalue weighted by atomic mass is 32.2. The highest BCUT2D eigenvalue weighted by Crippen LogP contribution is 2.58. The summed E-state index contributed by atoms with van der Waals surface area (Å²) in [5.41, 5.74) is 0.705. The van der Waals surface area contributed by atoms with Gasteiger partial charge in [0.15, 0.2) is 0 Å². The number of hydrogen-bond acceptors (Lipinski definition) is 4. The van der Waals surface area contributed by atoms with E-state index in [1.54, 1.807) is 12.1 Å². The number of anilines is 1. The van der Waals surface area contributed by atoms with Crippen molar-refractivity contribution in [1.82, 2.24) is 9.62 Å².